The fraction of sp³-hybridized carbons (Fsp3) is 0.556. The lowest BCUT2D eigenvalue weighted by Gasteiger charge is -2.21. The van der Waals surface area contributed by atoms with E-state index in [0.717, 1.165) is 6.42 Å². The summed E-state index contributed by atoms with van der Waals surface area (Å²) in [6.07, 6.45) is 1.03. The predicted molar refractivity (Wildman–Crippen MR) is 122 cm³/mol. The minimum Gasteiger partial charge on any atom is -0.0587 e. The summed E-state index contributed by atoms with van der Waals surface area (Å²) in [5, 5.41) is 0. The van der Waals surface area contributed by atoms with Gasteiger partial charge in [0.05, 0.1) is 0 Å². The maximum atomic E-state index is 2.45. The van der Waals surface area contributed by atoms with Gasteiger partial charge >= 0.3 is 0 Å². The van der Waals surface area contributed by atoms with E-state index in [9.17, 15) is 0 Å². The Hall–Kier alpha value is -1.56. The summed E-state index contributed by atoms with van der Waals surface area (Å²) < 4.78 is 0. The molecule has 0 aliphatic rings. The van der Waals surface area contributed by atoms with Crippen molar-refractivity contribution in [2.24, 2.45) is 0 Å². The van der Waals surface area contributed by atoms with Gasteiger partial charge in [-0.2, -0.15) is 0 Å². The van der Waals surface area contributed by atoms with E-state index in [2.05, 4.69) is 93.5 Å². The summed E-state index contributed by atoms with van der Waals surface area (Å²) in [7, 11) is 0. The van der Waals surface area contributed by atoms with E-state index in [1.165, 1.54) is 44.5 Å². The Labute approximate surface area is 168 Å². The van der Waals surface area contributed by atoms with Crippen molar-refractivity contribution in [2.45, 2.75) is 99.3 Å². The lowest BCUT2D eigenvalue weighted by molar-refractivity contribution is 0.806. The van der Waals surface area contributed by atoms with Gasteiger partial charge in [0, 0.05) is 0 Å². The number of benzene rings is 2. The summed E-state index contributed by atoms with van der Waals surface area (Å²) in [5.41, 5.74) is 11.9. The molecule has 27 heavy (non-hydrogen) atoms. The third-order valence-corrected chi connectivity index (χ3v) is 5.99. The molecule has 0 aliphatic carbocycles. The first-order chi connectivity index (χ1) is 12.5. The van der Waals surface area contributed by atoms with Crippen molar-refractivity contribution in [3.63, 3.8) is 0 Å². The van der Waals surface area contributed by atoms with Crippen molar-refractivity contribution in [3.8, 4) is 0 Å². The van der Waals surface area contributed by atoms with Crippen LogP contribution in [0.1, 0.15) is 124 Å². The van der Waals surface area contributed by atoms with Gasteiger partial charge in [-0.05, 0) is 88.4 Å². The Balaban J connectivity index is 2.56. The smallest absolute Gasteiger partial charge is 0.00254 e. The van der Waals surface area contributed by atoms with Gasteiger partial charge in [-0.3, -0.25) is 0 Å². The maximum absolute atomic E-state index is 2.45. The Morgan fingerprint density at radius 3 is 0.889 bits per heavy atom. The van der Waals surface area contributed by atoms with Crippen LogP contribution in [0.15, 0.2) is 24.3 Å². The largest absolute Gasteiger partial charge is 0.0587 e. The van der Waals surface area contributed by atoms with Gasteiger partial charge in [0.25, 0.3) is 0 Å². The van der Waals surface area contributed by atoms with Gasteiger partial charge in [0.2, 0.25) is 0 Å². The molecule has 0 nitrogen and oxygen atoms in total. The molecule has 0 N–H and O–H groups in total. The van der Waals surface area contributed by atoms with Gasteiger partial charge in [0.1, 0.15) is 0 Å². The first-order valence-electron chi connectivity index (χ1n) is 10.8. The standard InChI is InChI=1S/C27H40/c1-16(2)24-12-22(13-25(17(3)4)20(24)9)11-23-14-26(18(5)6)21(10)27(15-23)19(7)8/h12-19H,11H2,1-10H3. The summed E-state index contributed by atoms with van der Waals surface area (Å²) in [4.78, 5) is 0. The Morgan fingerprint density at radius 2 is 0.704 bits per heavy atom. The summed E-state index contributed by atoms with van der Waals surface area (Å²) in [6, 6.07) is 9.82. The van der Waals surface area contributed by atoms with Crippen molar-refractivity contribution in [1.29, 1.82) is 0 Å². The fourth-order valence-electron chi connectivity index (χ4n) is 4.49. The second kappa shape index (κ2) is 8.63. The van der Waals surface area contributed by atoms with Crippen LogP contribution in [0.5, 0.6) is 0 Å². The van der Waals surface area contributed by atoms with E-state index in [1.807, 2.05) is 0 Å². The highest BCUT2D eigenvalue weighted by atomic mass is 14.2. The number of hydrogen-bond donors (Lipinski definition) is 0. The SMILES string of the molecule is Cc1c(C(C)C)cc(Cc2cc(C(C)C)c(C)c(C(C)C)c2)cc1C(C)C. The van der Waals surface area contributed by atoms with E-state index in [1.54, 1.807) is 0 Å². The molecule has 0 aliphatic heterocycles. The third kappa shape index (κ3) is 4.84. The van der Waals surface area contributed by atoms with Crippen molar-refractivity contribution in [1.82, 2.24) is 0 Å². The quantitative estimate of drug-likeness (QED) is 0.482. The molecule has 0 fully saturated rings. The Morgan fingerprint density at radius 1 is 0.481 bits per heavy atom. The van der Waals surface area contributed by atoms with E-state index >= 15 is 0 Å². The molecular weight excluding hydrogens is 324 g/mol. The number of rotatable bonds is 6. The van der Waals surface area contributed by atoms with Crippen LogP contribution in [0.2, 0.25) is 0 Å². The van der Waals surface area contributed by atoms with Crippen molar-refractivity contribution >= 4 is 0 Å². The van der Waals surface area contributed by atoms with Gasteiger partial charge < -0.3 is 0 Å². The lowest BCUT2D eigenvalue weighted by Crippen LogP contribution is -2.05. The molecule has 2 aromatic rings. The molecule has 0 amide bonds. The van der Waals surface area contributed by atoms with Crippen LogP contribution in [-0.4, -0.2) is 0 Å². The first-order valence-corrected chi connectivity index (χ1v) is 10.8. The molecule has 0 heteroatoms. The average molecular weight is 365 g/mol. The molecule has 2 aromatic carbocycles. The van der Waals surface area contributed by atoms with Crippen molar-refractivity contribution < 1.29 is 0 Å². The molecule has 0 saturated carbocycles. The minimum absolute atomic E-state index is 0.568. The van der Waals surface area contributed by atoms with Crippen LogP contribution >= 0.6 is 0 Å². The van der Waals surface area contributed by atoms with E-state index in [-0.39, 0.29) is 0 Å². The summed E-state index contributed by atoms with van der Waals surface area (Å²) >= 11 is 0. The van der Waals surface area contributed by atoms with E-state index < -0.39 is 0 Å². The van der Waals surface area contributed by atoms with E-state index in [0.29, 0.717) is 23.7 Å². The summed E-state index contributed by atoms with van der Waals surface area (Å²) in [6.45, 7) is 23.1. The van der Waals surface area contributed by atoms with E-state index in [4.69, 9.17) is 0 Å². The van der Waals surface area contributed by atoms with Crippen molar-refractivity contribution in [3.05, 3.63) is 68.8 Å². The van der Waals surface area contributed by atoms with Gasteiger partial charge in [-0.1, -0.05) is 79.7 Å². The second-order valence-electron chi connectivity index (χ2n) is 9.59. The molecule has 0 atom stereocenters. The normalized spacial score (nSPS) is 12.1. The highest BCUT2D eigenvalue weighted by molar-refractivity contribution is 5.46. The molecular formula is C27H40. The monoisotopic (exact) mass is 364 g/mol. The summed E-state index contributed by atoms with van der Waals surface area (Å²) in [5.74, 6) is 2.27. The fourth-order valence-corrected chi connectivity index (χ4v) is 4.49. The van der Waals surface area contributed by atoms with Crippen LogP contribution < -0.4 is 0 Å². The van der Waals surface area contributed by atoms with Crippen LogP contribution in [0.4, 0.5) is 0 Å². The van der Waals surface area contributed by atoms with Crippen LogP contribution in [0.25, 0.3) is 0 Å². The molecule has 0 heterocycles. The maximum Gasteiger partial charge on any atom is -0.00254 e. The molecule has 0 radical (unpaired) electrons. The molecule has 0 saturated heterocycles. The second-order valence-corrected chi connectivity index (χ2v) is 9.59. The van der Waals surface area contributed by atoms with Crippen LogP contribution in [0.3, 0.4) is 0 Å². The molecule has 148 valence electrons. The zero-order valence-corrected chi connectivity index (χ0v) is 19.3. The first kappa shape index (κ1) is 21.7. The van der Waals surface area contributed by atoms with Gasteiger partial charge in [-0.25, -0.2) is 0 Å². The zero-order chi connectivity index (χ0) is 20.5. The minimum atomic E-state index is 0.568. The lowest BCUT2D eigenvalue weighted by atomic mass is 9.84. The van der Waals surface area contributed by atoms with Crippen LogP contribution in [0, 0.1) is 13.8 Å². The predicted octanol–water partition coefficient (Wildman–Crippen LogP) is 8.39. The zero-order valence-electron chi connectivity index (χ0n) is 19.3. The van der Waals surface area contributed by atoms with Gasteiger partial charge in [-0.15, -0.1) is 0 Å². The molecule has 0 spiro atoms. The molecule has 0 bridgehead atoms. The highest BCUT2D eigenvalue weighted by Gasteiger charge is 2.16. The molecule has 0 aromatic heterocycles. The number of hydrogen-bond acceptors (Lipinski definition) is 0. The average Bonchev–Trinajstić information content (AvgIpc) is 2.56. The highest BCUT2D eigenvalue weighted by Crippen LogP contribution is 2.32. The third-order valence-electron chi connectivity index (χ3n) is 5.99. The van der Waals surface area contributed by atoms with Gasteiger partial charge in [0.15, 0.2) is 0 Å². The topological polar surface area (TPSA) is 0 Å². The van der Waals surface area contributed by atoms with Crippen molar-refractivity contribution in [2.75, 3.05) is 0 Å². The molecule has 0 unspecified atom stereocenters. The van der Waals surface area contributed by atoms with Crippen LogP contribution in [-0.2, 0) is 6.42 Å². The Kier molecular flexibility index (Phi) is 6.95. The molecule has 2 rings (SSSR count). The Bertz CT molecular complexity index is 662.